The molecule has 0 aliphatic rings. The Hall–Kier alpha value is -1.42. The fourth-order valence-corrected chi connectivity index (χ4v) is 2.07. The second-order valence-electron chi connectivity index (χ2n) is 4.63. The van der Waals surface area contributed by atoms with Crippen LogP contribution in [0.2, 0.25) is 0 Å². The largest absolute Gasteiger partial charge is 0.494 e. The van der Waals surface area contributed by atoms with E-state index in [2.05, 4.69) is 50.8 Å². The fourth-order valence-electron chi connectivity index (χ4n) is 2.07. The standard InChI is InChI=1S/C17H24O/c1-5-8-14(4)12-16-9-10-17(18-11-6-2)13-15(16)7-3/h9-10,13-14H,6-7,11-12H2,1-4H3. The van der Waals surface area contributed by atoms with Gasteiger partial charge in [-0.2, -0.15) is 0 Å². The predicted molar refractivity (Wildman–Crippen MR) is 77.9 cm³/mol. The lowest BCUT2D eigenvalue weighted by Crippen LogP contribution is -2.02. The van der Waals surface area contributed by atoms with Crippen molar-refractivity contribution in [2.75, 3.05) is 6.61 Å². The second kappa shape index (κ2) is 7.82. The zero-order chi connectivity index (χ0) is 13.4. The highest BCUT2D eigenvalue weighted by Gasteiger charge is 2.06. The van der Waals surface area contributed by atoms with Gasteiger partial charge in [0, 0.05) is 5.92 Å². The summed E-state index contributed by atoms with van der Waals surface area (Å²) < 4.78 is 5.68. The predicted octanol–water partition coefficient (Wildman–Crippen LogP) is 4.24. The minimum Gasteiger partial charge on any atom is -0.494 e. The zero-order valence-electron chi connectivity index (χ0n) is 12.0. The van der Waals surface area contributed by atoms with E-state index in [0.29, 0.717) is 5.92 Å². The maximum Gasteiger partial charge on any atom is 0.119 e. The maximum absolute atomic E-state index is 5.68. The van der Waals surface area contributed by atoms with E-state index in [-0.39, 0.29) is 0 Å². The minimum atomic E-state index is 0.419. The molecule has 1 aromatic carbocycles. The highest BCUT2D eigenvalue weighted by molar-refractivity contribution is 5.36. The van der Waals surface area contributed by atoms with E-state index in [1.54, 1.807) is 0 Å². The molecule has 0 heterocycles. The molecule has 0 aliphatic carbocycles. The lowest BCUT2D eigenvalue weighted by atomic mass is 9.95. The van der Waals surface area contributed by atoms with Gasteiger partial charge >= 0.3 is 0 Å². The van der Waals surface area contributed by atoms with Gasteiger partial charge in [-0.05, 0) is 49.4 Å². The van der Waals surface area contributed by atoms with Crippen LogP contribution < -0.4 is 4.74 Å². The molecule has 0 spiro atoms. The molecule has 1 rings (SSSR count). The van der Waals surface area contributed by atoms with Crippen molar-refractivity contribution in [3.63, 3.8) is 0 Å². The van der Waals surface area contributed by atoms with Crippen molar-refractivity contribution in [3.05, 3.63) is 29.3 Å². The normalized spacial score (nSPS) is 11.6. The van der Waals surface area contributed by atoms with Gasteiger partial charge in [-0.1, -0.05) is 26.8 Å². The Balaban J connectivity index is 2.81. The lowest BCUT2D eigenvalue weighted by Gasteiger charge is -2.12. The van der Waals surface area contributed by atoms with E-state index < -0.39 is 0 Å². The summed E-state index contributed by atoms with van der Waals surface area (Å²) in [6, 6.07) is 6.45. The molecule has 0 N–H and O–H groups in total. The van der Waals surface area contributed by atoms with Gasteiger partial charge in [-0.25, -0.2) is 0 Å². The van der Waals surface area contributed by atoms with Crippen molar-refractivity contribution in [2.24, 2.45) is 5.92 Å². The molecule has 0 saturated carbocycles. The van der Waals surface area contributed by atoms with Gasteiger partial charge in [-0.3, -0.25) is 0 Å². The molecule has 1 nitrogen and oxygen atoms in total. The molecule has 0 amide bonds. The Kier molecular flexibility index (Phi) is 6.36. The zero-order valence-corrected chi connectivity index (χ0v) is 12.0. The van der Waals surface area contributed by atoms with Crippen LogP contribution in [-0.2, 0) is 12.8 Å². The van der Waals surface area contributed by atoms with E-state index >= 15 is 0 Å². The Morgan fingerprint density at radius 1 is 1.22 bits per heavy atom. The fraction of sp³-hybridized carbons (Fsp3) is 0.529. The first-order chi connectivity index (χ1) is 8.71. The molecule has 18 heavy (non-hydrogen) atoms. The van der Waals surface area contributed by atoms with Crippen LogP contribution in [-0.4, -0.2) is 6.61 Å². The number of hydrogen-bond acceptors (Lipinski definition) is 1. The summed E-state index contributed by atoms with van der Waals surface area (Å²) in [7, 11) is 0. The van der Waals surface area contributed by atoms with Crippen molar-refractivity contribution in [3.8, 4) is 17.6 Å². The Labute approximate surface area is 112 Å². The van der Waals surface area contributed by atoms with Crippen LogP contribution in [0.1, 0.15) is 45.2 Å². The van der Waals surface area contributed by atoms with Crippen molar-refractivity contribution in [1.82, 2.24) is 0 Å². The monoisotopic (exact) mass is 244 g/mol. The number of hydrogen-bond donors (Lipinski definition) is 0. The van der Waals surface area contributed by atoms with E-state index in [1.807, 2.05) is 6.92 Å². The van der Waals surface area contributed by atoms with Crippen LogP contribution in [0.3, 0.4) is 0 Å². The Bertz CT molecular complexity index is 423. The quantitative estimate of drug-likeness (QED) is 0.680. The van der Waals surface area contributed by atoms with Crippen LogP contribution in [0.25, 0.3) is 0 Å². The van der Waals surface area contributed by atoms with Gasteiger partial charge in [0.2, 0.25) is 0 Å². The molecule has 1 unspecified atom stereocenters. The van der Waals surface area contributed by atoms with E-state index in [0.717, 1.165) is 31.6 Å². The van der Waals surface area contributed by atoms with Gasteiger partial charge in [0.05, 0.1) is 6.61 Å². The van der Waals surface area contributed by atoms with E-state index in [1.165, 1.54) is 11.1 Å². The first-order valence-electron chi connectivity index (χ1n) is 6.88. The summed E-state index contributed by atoms with van der Waals surface area (Å²) in [6.07, 6.45) is 3.12. The summed E-state index contributed by atoms with van der Waals surface area (Å²) in [4.78, 5) is 0. The summed E-state index contributed by atoms with van der Waals surface area (Å²) in [5.41, 5.74) is 2.78. The molecule has 0 bridgehead atoms. The van der Waals surface area contributed by atoms with Gasteiger partial charge in [0.25, 0.3) is 0 Å². The van der Waals surface area contributed by atoms with Crippen LogP contribution in [0.5, 0.6) is 5.75 Å². The average molecular weight is 244 g/mol. The number of rotatable bonds is 6. The Morgan fingerprint density at radius 3 is 2.61 bits per heavy atom. The third-order valence-corrected chi connectivity index (χ3v) is 2.95. The van der Waals surface area contributed by atoms with E-state index in [4.69, 9.17) is 4.74 Å². The van der Waals surface area contributed by atoms with Gasteiger partial charge in [0.15, 0.2) is 0 Å². The average Bonchev–Trinajstić information content (AvgIpc) is 2.37. The Morgan fingerprint density at radius 2 is 2.00 bits per heavy atom. The number of ether oxygens (including phenoxy) is 1. The molecular formula is C17H24O. The molecule has 0 radical (unpaired) electrons. The molecule has 0 aliphatic heterocycles. The molecule has 0 aromatic heterocycles. The smallest absolute Gasteiger partial charge is 0.119 e. The summed E-state index contributed by atoms with van der Waals surface area (Å²) in [6.45, 7) is 9.19. The first kappa shape index (κ1) is 14.6. The summed E-state index contributed by atoms with van der Waals surface area (Å²) >= 11 is 0. The molecule has 1 atom stereocenters. The molecule has 0 saturated heterocycles. The number of aryl methyl sites for hydroxylation is 1. The molecule has 98 valence electrons. The van der Waals surface area contributed by atoms with Gasteiger partial charge in [0.1, 0.15) is 5.75 Å². The molecule has 0 fully saturated rings. The summed E-state index contributed by atoms with van der Waals surface area (Å²) in [5, 5.41) is 0. The van der Waals surface area contributed by atoms with Crippen molar-refractivity contribution >= 4 is 0 Å². The SMILES string of the molecule is CC#CC(C)Cc1ccc(OCCC)cc1CC. The van der Waals surface area contributed by atoms with Gasteiger partial charge < -0.3 is 4.74 Å². The topological polar surface area (TPSA) is 9.23 Å². The van der Waals surface area contributed by atoms with Crippen LogP contribution in [0.4, 0.5) is 0 Å². The highest BCUT2D eigenvalue weighted by Crippen LogP contribution is 2.21. The van der Waals surface area contributed by atoms with Crippen LogP contribution in [0.15, 0.2) is 18.2 Å². The second-order valence-corrected chi connectivity index (χ2v) is 4.63. The first-order valence-corrected chi connectivity index (χ1v) is 6.88. The third-order valence-electron chi connectivity index (χ3n) is 2.95. The summed E-state index contributed by atoms with van der Waals surface area (Å²) in [5.74, 6) is 7.61. The van der Waals surface area contributed by atoms with Crippen molar-refractivity contribution in [1.29, 1.82) is 0 Å². The van der Waals surface area contributed by atoms with Gasteiger partial charge in [-0.15, -0.1) is 11.8 Å². The third kappa shape index (κ3) is 4.45. The highest BCUT2D eigenvalue weighted by atomic mass is 16.5. The van der Waals surface area contributed by atoms with Crippen LogP contribution >= 0.6 is 0 Å². The maximum atomic E-state index is 5.68. The number of benzene rings is 1. The van der Waals surface area contributed by atoms with Crippen LogP contribution in [0, 0.1) is 17.8 Å². The molecular weight excluding hydrogens is 220 g/mol. The van der Waals surface area contributed by atoms with E-state index in [9.17, 15) is 0 Å². The lowest BCUT2D eigenvalue weighted by molar-refractivity contribution is 0.317. The van der Waals surface area contributed by atoms with Crippen molar-refractivity contribution in [2.45, 2.75) is 47.0 Å². The molecule has 1 aromatic rings. The van der Waals surface area contributed by atoms with Crippen molar-refractivity contribution < 1.29 is 4.74 Å². The molecule has 1 heteroatoms. The minimum absolute atomic E-state index is 0.419.